The lowest BCUT2D eigenvalue weighted by atomic mass is 10.0. The summed E-state index contributed by atoms with van der Waals surface area (Å²) in [5.74, 6) is 0.508. The molecule has 3 heterocycles. The van der Waals surface area contributed by atoms with Gasteiger partial charge in [-0.1, -0.05) is 49.2 Å². The number of carbonyl (C=O) groups excluding carboxylic acids is 3. The van der Waals surface area contributed by atoms with Crippen molar-refractivity contribution < 1.29 is 28.6 Å². The second kappa shape index (κ2) is 16.3. The largest absolute Gasteiger partial charge is 0.495 e. The van der Waals surface area contributed by atoms with Gasteiger partial charge in [-0.25, -0.2) is 0 Å². The summed E-state index contributed by atoms with van der Waals surface area (Å²) in [6, 6.07) is 14.8. The molecule has 1 atom stereocenters. The maximum Gasteiger partial charge on any atom is 0.262 e. The van der Waals surface area contributed by atoms with Gasteiger partial charge in [0.05, 0.1) is 64.5 Å². The highest BCUT2D eigenvalue weighted by Crippen LogP contribution is 2.40. The fourth-order valence-electron chi connectivity index (χ4n) is 6.73. The number of imide groups is 1. The number of pyridine rings is 1. The van der Waals surface area contributed by atoms with Gasteiger partial charge < -0.3 is 24.4 Å². The van der Waals surface area contributed by atoms with Crippen LogP contribution in [0.1, 0.15) is 53.0 Å². The van der Waals surface area contributed by atoms with Crippen molar-refractivity contribution in [3.63, 3.8) is 0 Å². The van der Waals surface area contributed by atoms with Crippen molar-refractivity contribution in [1.82, 2.24) is 19.7 Å². The molecular weight excluding hydrogens is 719 g/mol. The van der Waals surface area contributed by atoms with Crippen LogP contribution < -0.4 is 19.5 Å². The number of nitrogens with one attached hydrogen (secondary N) is 1. The molecule has 0 unspecified atom stereocenters. The molecule has 12 nitrogen and oxygen atoms in total. The van der Waals surface area contributed by atoms with E-state index in [2.05, 4.69) is 21.3 Å². The van der Waals surface area contributed by atoms with E-state index in [1.807, 2.05) is 13.8 Å². The minimum atomic E-state index is -0.842. The van der Waals surface area contributed by atoms with E-state index in [1.54, 1.807) is 60.5 Å². The normalized spacial score (nSPS) is 15.1. The quantitative estimate of drug-likeness (QED) is 0.115. The number of fused-ring (bicyclic) bond motifs is 2. The van der Waals surface area contributed by atoms with E-state index in [0.717, 1.165) is 6.54 Å². The van der Waals surface area contributed by atoms with Crippen LogP contribution >= 0.6 is 23.2 Å². The van der Waals surface area contributed by atoms with E-state index >= 15 is 0 Å². The molecule has 1 saturated heterocycles. The maximum absolute atomic E-state index is 13.8. The summed E-state index contributed by atoms with van der Waals surface area (Å²) in [5.41, 5.74) is 2.57. The third kappa shape index (κ3) is 7.83. The molecule has 1 fully saturated rings. The standard InChI is InChI=1S/C39H40Cl2N6O6/c1-23(2)16-32(47-37(48)25-8-5-6-9-26(25)38(47)49)39(50)46-13-11-45(12-14-46)10-7-15-53-35-19-30-27(17-34(35)52-4)36(24(21-42)22-43-30)44-31-20-33(51-3)29(41)18-28(31)40/h5-6,8-9,17-20,22-23,32H,7,10-16H2,1-4H3,(H,43,44)/t32-/m0/s1. The molecule has 3 amide bonds. The average Bonchev–Trinajstić information content (AvgIpc) is 3.41. The number of anilines is 2. The lowest BCUT2D eigenvalue weighted by molar-refractivity contribution is -0.137. The lowest BCUT2D eigenvalue weighted by Gasteiger charge is -2.38. The van der Waals surface area contributed by atoms with Crippen LogP contribution in [0, 0.1) is 17.2 Å². The highest BCUT2D eigenvalue weighted by atomic mass is 35.5. The maximum atomic E-state index is 13.8. The topological polar surface area (TPSA) is 137 Å². The first kappa shape index (κ1) is 37.7. The van der Waals surface area contributed by atoms with Gasteiger partial charge in [-0.15, -0.1) is 0 Å². The Morgan fingerprint density at radius 3 is 2.25 bits per heavy atom. The summed E-state index contributed by atoms with van der Waals surface area (Å²) in [5, 5.41) is 14.5. The summed E-state index contributed by atoms with van der Waals surface area (Å²) in [6.07, 6.45) is 2.60. The summed E-state index contributed by atoms with van der Waals surface area (Å²) in [6.45, 7) is 7.43. The van der Waals surface area contributed by atoms with Crippen LogP contribution in [0.15, 0.2) is 54.7 Å². The van der Waals surface area contributed by atoms with E-state index in [9.17, 15) is 19.6 Å². The number of amides is 3. The van der Waals surface area contributed by atoms with Gasteiger partial charge in [-0.3, -0.25) is 29.2 Å². The van der Waals surface area contributed by atoms with E-state index in [4.69, 9.17) is 37.4 Å². The number of ether oxygens (including phenoxy) is 3. The Labute approximate surface area is 318 Å². The molecule has 0 saturated carbocycles. The molecule has 2 aliphatic heterocycles. The van der Waals surface area contributed by atoms with Gasteiger partial charge in [-0.05, 0) is 43.0 Å². The number of nitrogens with zero attached hydrogens (tertiary/aromatic N) is 5. The number of benzene rings is 3. The molecule has 0 spiro atoms. The van der Waals surface area contributed by atoms with Gasteiger partial charge in [0.25, 0.3) is 11.8 Å². The van der Waals surface area contributed by atoms with E-state index in [0.29, 0.717) is 112 Å². The number of methoxy groups -OCH3 is 2. The van der Waals surface area contributed by atoms with E-state index in [-0.39, 0.29) is 11.8 Å². The highest BCUT2D eigenvalue weighted by Gasteiger charge is 2.44. The van der Waals surface area contributed by atoms with Crippen LogP contribution in [-0.4, -0.2) is 97.0 Å². The second-order valence-corrected chi connectivity index (χ2v) is 14.1. The number of nitriles is 1. The Balaban J connectivity index is 1.07. The number of carbonyl (C=O) groups is 3. The van der Waals surface area contributed by atoms with E-state index < -0.39 is 17.9 Å². The molecule has 2 aliphatic rings. The molecule has 1 aromatic heterocycles. The van der Waals surface area contributed by atoms with Gasteiger partial charge in [0, 0.05) is 56.4 Å². The smallest absolute Gasteiger partial charge is 0.262 e. The van der Waals surface area contributed by atoms with Gasteiger partial charge in [-0.2, -0.15) is 5.26 Å². The zero-order chi connectivity index (χ0) is 37.8. The molecule has 6 rings (SSSR count). The third-order valence-electron chi connectivity index (χ3n) is 9.45. The molecule has 0 radical (unpaired) electrons. The Hall–Kier alpha value is -5.09. The Morgan fingerprint density at radius 2 is 1.62 bits per heavy atom. The number of halogens is 2. The highest BCUT2D eigenvalue weighted by molar-refractivity contribution is 6.37. The zero-order valence-corrected chi connectivity index (χ0v) is 31.5. The predicted octanol–water partition coefficient (Wildman–Crippen LogP) is 6.80. The molecule has 0 aliphatic carbocycles. The number of hydrogen-bond donors (Lipinski definition) is 1. The first-order valence-corrected chi connectivity index (χ1v) is 18.1. The van der Waals surface area contributed by atoms with Crippen molar-refractivity contribution in [3.8, 4) is 23.3 Å². The van der Waals surface area contributed by atoms with Crippen molar-refractivity contribution in [2.75, 3.05) is 58.9 Å². The molecule has 3 aromatic carbocycles. The predicted molar refractivity (Wildman–Crippen MR) is 203 cm³/mol. The van der Waals surface area contributed by atoms with Crippen LogP contribution in [0.25, 0.3) is 10.9 Å². The van der Waals surface area contributed by atoms with Crippen LogP contribution in [-0.2, 0) is 4.79 Å². The lowest BCUT2D eigenvalue weighted by Crippen LogP contribution is -2.56. The number of piperazine rings is 1. The monoisotopic (exact) mass is 758 g/mol. The van der Waals surface area contributed by atoms with Crippen LogP contribution in [0.3, 0.4) is 0 Å². The fraction of sp³-hybridized carbons (Fsp3) is 0.359. The number of aromatic nitrogens is 1. The summed E-state index contributed by atoms with van der Waals surface area (Å²) >= 11 is 12.7. The van der Waals surface area contributed by atoms with Gasteiger partial charge in [0.2, 0.25) is 5.91 Å². The van der Waals surface area contributed by atoms with Crippen molar-refractivity contribution in [1.29, 1.82) is 5.26 Å². The molecule has 0 bridgehead atoms. The first-order chi connectivity index (χ1) is 25.5. The van der Waals surface area contributed by atoms with Crippen LogP contribution in [0.4, 0.5) is 11.4 Å². The molecule has 4 aromatic rings. The average molecular weight is 760 g/mol. The Kier molecular flexibility index (Phi) is 11.6. The molecule has 276 valence electrons. The summed E-state index contributed by atoms with van der Waals surface area (Å²) in [7, 11) is 3.05. The minimum Gasteiger partial charge on any atom is -0.495 e. The third-order valence-corrected chi connectivity index (χ3v) is 10.1. The molecule has 14 heteroatoms. The Morgan fingerprint density at radius 1 is 0.943 bits per heavy atom. The van der Waals surface area contributed by atoms with Gasteiger partial charge in [0.1, 0.15) is 17.9 Å². The Bertz CT molecular complexity index is 2060. The fourth-order valence-corrected chi connectivity index (χ4v) is 7.24. The molecule has 53 heavy (non-hydrogen) atoms. The SMILES string of the molecule is COc1cc(Nc2c(C#N)cnc3cc(OCCCN4CCN(C(=O)[C@H](CC(C)C)N5C(=O)c6ccccc6C5=O)CC4)c(OC)cc23)c(Cl)cc1Cl. The zero-order valence-electron chi connectivity index (χ0n) is 29.9. The van der Waals surface area contributed by atoms with Gasteiger partial charge in [0.15, 0.2) is 11.5 Å². The molecular formula is C39H40Cl2N6O6. The van der Waals surface area contributed by atoms with Crippen molar-refractivity contribution >= 4 is 63.2 Å². The molecule has 1 N–H and O–H groups in total. The van der Waals surface area contributed by atoms with Crippen LogP contribution in [0.2, 0.25) is 10.0 Å². The van der Waals surface area contributed by atoms with Crippen molar-refractivity contribution in [2.24, 2.45) is 5.92 Å². The number of rotatable bonds is 13. The number of hydrogen-bond acceptors (Lipinski definition) is 10. The minimum absolute atomic E-state index is 0.110. The second-order valence-electron chi connectivity index (χ2n) is 13.3. The van der Waals surface area contributed by atoms with E-state index in [1.165, 1.54) is 18.2 Å². The summed E-state index contributed by atoms with van der Waals surface area (Å²) in [4.78, 5) is 50.0. The first-order valence-electron chi connectivity index (χ1n) is 17.4. The van der Waals surface area contributed by atoms with Crippen LogP contribution in [0.5, 0.6) is 17.2 Å². The summed E-state index contributed by atoms with van der Waals surface area (Å²) < 4.78 is 17.2. The van der Waals surface area contributed by atoms with Crippen molar-refractivity contribution in [3.05, 3.63) is 81.5 Å². The van der Waals surface area contributed by atoms with Gasteiger partial charge >= 0.3 is 0 Å². The van der Waals surface area contributed by atoms with Crippen molar-refractivity contribution in [2.45, 2.75) is 32.7 Å².